The van der Waals surface area contributed by atoms with Gasteiger partial charge >= 0.3 is 0 Å². The summed E-state index contributed by atoms with van der Waals surface area (Å²) in [4.78, 5) is 4.62. The second kappa shape index (κ2) is 4.70. The van der Waals surface area contributed by atoms with Gasteiger partial charge in [0.05, 0.1) is 5.41 Å². The van der Waals surface area contributed by atoms with E-state index in [2.05, 4.69) is 90.8 Å². The molecule has 0 radical (unpaired) electrons. The van der Waals surface area contributed by atoms with Crippen LogP contribution in [0.15, 0.2) is 85.1 Å². The summed E-state index contributed by atoms with van der Waals surface area (Å²) in [5, 5.41) is 0. The van der Waals surface area contributed by atoms with Crippen molar-refractivity contribution in [3.8, 4) is 22.3 Å². The molecule has 6 rings (SSSR count). The van der Waals surface area contributed by atoms with Crippen molar-refractivity contribution in [2.75, 3.05) is 0 Å². The molecule has 1 heteroatoms. The molecule has 2 aliphatic rings. The summed E-state index contributed by atoms with van der Waals surface area (Å²) in [7, 11) is 0. The van der Waals surface area contributed by atoms with E-state index in [0.717, 1.165) is 5.69 Å². The van der Waals surface area contributed by atoms with Crippen LogP contribution in [0.2, 0.25) is 0 Å². The molecule has 0 fully saturated rings. The lowest BCUT2D eigenvalue weighted by atomic mass is 9.71. The molecule has 2 aliphatic carbocycles. The fraction of sp³-hybridized carbons (Fsp3) is 0.0800. The highest BCUT2D eigenvalue weighted by atomic mass is 14.7. The molecular formula is C25H17N. The largest absolute Gasteiger partial charge is 0.261 e. The number of pyridine rings is 1. The van der Waals surface area contributed by atoms with Crippen molar-refractivity contribution in [3.63, 3.8) is 0 Å². The highest BCUT2D eigenvalue weighted by molar-refractivity contribution is 5.95. The minimum atomic E-state index is -0.229. The van der Waals surface area contributed by atoms with Crippen LogP contribution in [-0.4, -0.2) is 4.98 Å². The monoisotopic (exact) mass is 331 g/mol. The Kier molecular flexibility index (Phi) is 2.54. The molecule has 26 heavy (non-hydrogen) atoms. The molecule has 1 heterocycles. The SMILES string of the molecule is Cc1nccc2c1-c1ccccc1C21c2ccccc2-c2ccccc21. The van der Waals surface area contributed by atoms with E-state index in [1.165, 1.54) is 44.5 Å². The zero-order valence-corrected chi connectivity index (χ0v) is 14.5. The fourth-order valence-corrected chi connectivity index (χ4v) is 5.21. The molecule has 0 bridgehead atoms. The fourth-order valence-electron chi connectivity index (χ4n) is 5.21. The summed E-state index contributed by atoms with van der Waals surface area (Å²) in [6.45, 7) is 2.13. The molecular weight excluding hydrogens is 314 g/mol. The third-order valence-electron chi connectivity index (χ3n) is 6.10. The summed E-state index contributed by atoms with van der Waals surface area (Å²) in [5.74, 6) is 0. The van der Waals surface area contributed by atoms with Gasteiger partial charge in [-0.2, -0.15) is 0 Å². The zero-order valence-electron chi connectivity index (χ0n) is 14.5. The Labute approximate surface area is 153 Å². The summed E-state index contributed by atoms with van der Waals surface area (Å²) < 4.78 is 0. The van der Waals surface area contributed by atoms with Gasteiger partial charge in [0.15, 0.2) is 0 Å². The zero-order chi connectivity index (χ0) is 17.3. The van der Waals surface area contributed by atoms with Crippen molar-refractivity contribution < 1.29 is 0 Å². The standard InChI is InChI=1S/C25H17N/c1-16-24-19-10-4-7-13-22(19)25(23(24)14-15-26-16)20-11-5-2-8-17(20)18-9-3-6-12-21(18)25/h2-15H,1H3. The van der Waals surface area contributed by atoms with E-state index < -0.39 is 0 Å². The predicted octanol–water partition coefficient (Wildman–Crippen LogP) is 5.73. The van der Waals surface area contributed by atoms with Crippen molar-refractivity contribution >= 4 is 0 Å². The average Bonchev–Trinajstić information content (AvgIpc) is 3.16. The Morgan fingerprint density at radius 2 is 1.08 bits per heavy atom. The lowest BCUT2D eigenvalue weighted by Gasteiger charge is -2.30. The van der Waals surface area contributed by atoms with Gasteiger partial charge in [0, 0.05) is 17.5 Å². The number of hydrogen-bond acceptors (Lipinski definition) is 1. The van der Waals surface area contributed by atoms with Crippen molar-refractivity contribution in [1.82, 2.24) is 4.98 Å². The molecule has 0 saturated carbocycles. The first-order chi connectivity index (χ1) is 12.8. The Morgan fingerprint density at radius 3 is 1.69 bits per heavy atom. The summed E-state index contributed by atoms with van der Waals surface area (Å²) in [6, 6.07) is 28.8. The maximum Gasteiger partial charge on any atom is 0.0726 e. The Bertz CT molecular complexity index is 1160. The quantitative estimate of drug-likeness (QED) is 0.346. The van der Waals surface area contributed by atoms with Crippen LogP contribution in [0.4, 0.5) is 0 Å². The molecule has 1 spiro atoms. The predicted molar refractivity (Wildman–Crippen MR) is 105 cm³/mol. The van der Waals surface area contributed by atoms with E-state index in [4.69, 9.17) is 0 Å². The number of benzene rings is 3. The van der Waals surface area contributed by atoms with Gasteiger partial charge in [0.25, 0.3) is 0 Å². The van der Waals surface area contributed by atoms with Gasteiger partial charge < -0.3 is 0 Å². The minimum Gasteiger partial charge on any atom is -0.261 e. The number of aromatic nitrogens is 1. The van der Waals surface area contributed by atoms with Crippen LogP contribution in [0, 0.1) is 6.92 Å². The Morgan fingerprint density at radius 1 is 0.577 bits per heavy atom. The third kappa shape index (κ3) is 1.42. The maximum absolute atomic E-state index is 4.62. The van der Waals surface area contributed by atoms with Crippen LogP contribution in [0.25, 0.3) is 22.3 Å². The summed E-state index contributed by atoms with van der Waals surface area (Å²) in [6.07, 6.45) is 1.96. The van der Waals surface area contributed by atoms with Crippen LogP contribution in [0.1, 0.15) is 27.9 Å². The van der Waals surface area contributed by atoms with Crippen molar-refractivity contribution in [3.05, 3.63) is 113 Å². The van der Waals surface area contributed by atoms with Gasteiger partial charge in [-0.1, -0.05) is 72.8 Å². The third-order valence-corrected chi connectivity index (χ3v) is 6.10. The number of hydrogen-bond donors (Lipinski definition) is 0. The molecule has 1 aromatic heterocycles. The van der Waals surface area contributed by atoms with Crippen molar-refractivity contribution in [2.24, 2.45) is 0 Å². The summed E-state index contributed by atoms with van der Waals surface area (Å²) in [5.41, 5.74) is 11.7. The Hall–Kier alpha value is -3.19. The lowest BCUT2D eigenvalue weighted by molar-refractivity contribution is 0.791. The maximum atomic E-state index is 4.62. The van der Waals surface area contributed by atoms with Gasteiger partial charge in [-0.15, -0.1) is 0 Å². The van der Waals surface area contributed by atoms with Gasteiger partial charge in [0.1, 0.15) is 0 Å². The molecule has 0 amide bonds. The normalized spacial score (nSPS) is 14.7. The number of fused-ring (bicyclic) bond motifs is 10. The molecule has 0 aliphatic heterocycles. The molecule has 0 saturated heterocycles. The van der Waals surface area contributed by atoms with Crippen LogP contribution in [0.5, 0.6) is 0 Å². The molecule has 1 nitrogen and oxygen atoms in total. The van der Waals surface area contributed by atoms with Gasteiger partial charge in [-0.3, -0.25) is 4.98 Å². The molecule has 4 aromatic rings. The van der Waals surface area contributed by atoms with Crippen molar-refractivity contribution in [1.29, 1.82) is 0 Å². The van der Waals surface area contributed by atoms with E-state index in [-0.39, 0.29) is 5.41 Å². The first-order valence-electron chi connectivity index (χ1n) is 9.09. The smallest absolute Gasteiger partial charge is 0.0726 e. The highest BCUT2D eigenvalue weighted by Crippen LogP contribution is 2.62. The van der Waals surface area contributed by atoms with Crippen LogP contribution >= 0.6 is 0 Å². The highest BCUT2D eigenvalue weighted by Gasteiger charge is 2.51. The van der Waals surface area contributed by atoms with E-state index in [1.54, 1.807) is 0 Å². The van der Waals surface area contributed by atoms with E-state index in [1.807, 2.05) is 6.20 Å². The average molecular weight is 331 g/mol. The van der Waals surface area contributed by atoms with Crippen molar-refractivity contribution in [2.45, 2.75) is 12.3 Å². The van der Waals surface area contributed by atoms with Gasteiger partial charge in [-0.25, -0.2) is 0 Å². The van der Waals surface area contributed by atoms with E-state index in [9.17, 15) is 0 Å². The topological polar surface area (TPSA) is 12.9 Å². The summed E-state index contributed by atoms with van der Waals surface area (Å²) >= 11 is 0. The molecule has 122 valence electrons. The molecule has 0 N–H and O–H groups in total. The second-order valence-corrected chi connectivity index (χ2v) is 7.21. The van der Waals surface area contributed by atoms with Crippen LogP contribution in [-0.2, 0) is 5.41 Å². The second-order valence-electron chi connectivity index (χ2n) is 7.21. The number of rotatable bonds is 0. The van der Waals surface area contributed by atoms with E-state index >= 15 is 0 Å². The van der Waals surface area contributed by atoms with Gasteiger partial charge in [0.2, 0.25) is 0 Å². The van der Waals surface area contributed by atoms with E-state index in [0.29, 0.717) is 0 Å². The number of nitrogens with zero attached hydrogens (tertiary/aromatic N) is 1. The first-order valence-corrected chi connectivity index (χ1v) is 9.09. The minimum absolute atomic E-state index is 0.229. The Balaban J connectivity index is 1.89. The van der Waals surface area contributed by atoms with Crippen LogP contribution in [0.3, 0.4) is 0 Å². The first kappa shape index (κ1) is 14.0. The van der Waals surface area contributed by atoms with Crippen LogP contribution < -0.4 is 0 Å². The molecule has 0 unspecified atom stereocenters. The molecule has 0 atom stereocenters. The van der Waals surface area contributed by atoms with Gasteiger partial charge in [-0.05, 0) is 51.9 Å². The number of aryl methyl sites for hydroxylation is 1. The lowest BCUT2D eigenvalue weighted by Crippen LogP contribution is -2.25. The molecule has 3 aromatic carbocycles.